The van der Waals surface area contributed by atoms with E-state index in [9.17, 15) is 24.8 Å². The van der Waals surface area contributed by atoms with Gasteiger partial charge in [-0.25, -0.2) is 9.79 Å². The standard InChI is InChI=1S/C25H23N3O8S/c1-5-36-24(31)21-13(2)26-25-27(22(21)17-12-16(34-3)7-9-19(17)35-4)23(30)20(37-25)11-14-10-15(28(32)33)6-8-18(14)29/h6-12,22,29H,5H2,1-4H3/b20-11-/t22-/m1/s1. The highest BCUT2D eigenvalue weighted by molar-refractivity contribution is 7.07. The second-order valence-electron chi connectivity index (χ2n) is 7.91. The van der Waals surface area contributed by atoms with Crippen molar-refractivity contribution in [3.05, 3.63) is 88.6 Å². The van der Waals surface area contributed by atoms with Gasteiger partial charge in [0.1, 0.15) is 23.3 Å². The van der Waals surface area contributed by atoms with E-state index in [1.165, 1.54) is 37.0 Å². The Morgan fingerprint density at radius 3 is 2.65 bits per heavy atom. The minimum atomic E-state index is -0.957. The lowest BCUT2D eigenvalue weighted by Crippen LogP contribution is -2.40. The minimum Gasteiger partial charge on any atom is -0.507 e. The number of carbonyl (C=O) groups excluding carboxylic acids is 1. The van der Waals surface area contributed by atoms with E-state index < -0.39 is 22.5 Å². The molecular weight excluding hydrogens is 502 g/mol. The van der Waals surface area contributed by atoms with Gasteiger partial charge in [-0.15, -0.1) is 0 Å². The van der Waals surface area contributed by atoms with Crippen LogP contribution in [0.15, 0.2) is 57.5 Å². The molecule has 0 aliphatic carbocycles. The highest BCUT2D eigenvalue weighted by atomic mass is 32.1. The molecule has 192 valence electrons. The van der Waals surface area contributed by atoms with Crippen LogP contribution in [0, 0.1) is 10.1 Å². The highest BCUT2D eigenvalue weighted by Gasteiger charge is 2.35. The molecule has 12 heteroatoms. The molecule has 1 aliphatic rings. The average molecular weight is 526 g/mol. The number of nitro groups is 1. The molecule has 0 amide bonds. The van der Waals surface area contributed by atoms with Crippen molar-refractivity contribution in [2.24, 2.45) is 4.99 Å². The topological polar surface area (TPSA) is 142 Å². The van der Waals surface area contributed by atoms with E-state index >= 15 is 0 Å². The summed E-state index contributed by atoms with van der Waals surface area (Å²) >= 11 is 1.02. The Kier molecular flexibility index (Phi) is 7.11. The zero-order valence-electron chi connectivity index (χ0n) is 20.4. The first-order valence-electron chi connectivity index (χ1n) is 11.1. The molecule has 1 aromatic heterocycles. The molecule has 11 nitrogen and oxygen atoms in total. The van der Waals surface area contributed by atoms with Crippen molar-refractivity contribution in [2.45, 2.75) is 19.9 Å². The lowest BCUT2D eigenvalue weighted by Gasteiger charge is -2.26. The smallest absolute Gasteiger partial charge is 0.338 e. The van der Waals surface area contributed by atoms with Gasteiger partial charge in [0.05, 0.1) is 41.6 Å². The molecule has 0 saturated heterocycles. The summed E-state index contributed by atoms with van der Waals surface area (Å²) in [5.74, 6) is 0.0283. The fourth-order valence-corrected chi connectivity index (χ4v) is 5.09. The molecule has 0 unspecified atom stereocenters. The summed E-state index contributed by atoms with van der Waals surface area (Å²) in [6.45, 7) is 3.44. The largest absolute Gasteiger partial charge is 0.507 e. The molecule has 4 rings (SSSR count). The first-order valence-corrected chi connectivity index (χ1v) is 11.9. The molecule has 37 heavy (non-hydrogen) atoms. The number of benzene rings is 2. The molecule has 0 bridgehead atoms. The number of non-ortho nitro benzene ring substituents is 1. The number of carbonyl (C=O) groups is 1. The van der Waals surface area contributed by atoms with Crippen molar-refractivity contribution in [1.29, 1.82) is 0 Å². The number of ether oxygens (including phenoxy) is 3. The van der Waals surface area contributed by atoms with Crippen molar-refractivity contribution < 1.29 is 29.0 Å². The second-order valence-corrected chi connectivity index (χ2v) is 8.92. The fraction of sp³-hybridized carbons (Fsp3) is 0.240. The van der Waals surface area contributed by atoms with Crippen LogP contribution in [0.2, 0.25) is 0 Å². The molecule has 0 radical (unpaired) electrons. The molecule has 0 saturated carbocycles. The van der Waals surface area contributed by atoms with Crippen LogP contribution in [-0.4, -0.2) is 41.4 Å². The molecule has 1 aliphatic heterocycles. The Morgan fingerprint density at radius 1 is 1.24 bits per heavy atom. The van der Waals surface area contributed by atoms with Crippen LogP contribution >= 0.6 is 11.3 Å². The molecule has 2 heterocycles. The Hall–Kier alpha value is -4.45. The number of esters is 1. The van der Waals surface area contributed by atoms with E-state index in [-0.39, 0.29) is 33.7 Å². The van der Waals surface area contributed by atoms with Gasteiger partial charge in [0, 0.05) is 23.3 Å². The van der Waals surface area contributed by atoms with Crippen molar-refractivity contribution in [1.82, 2.24) is 4.57 Å². The molecule has 2 aromatic carbocycles. The third kappa shape index (κ3) is 4.70. The molecule has 0 spiro atoms. The Labute approximate surface area is 214 Å². The van der Waals surface area contributed by atoms with Crippen molar-refractivity contribution in [2.75, 3.05) is 20.8 Å². The quantitative estimate of drug-likeness (QED) is 0.282. The number of methoxy groups -OCH3 is 2. The molecule has 0 fully saturated rings. The second kappa shape index (κ2) is 10.3. The summed E-state index contributed by atoms with van der Waals surface area (Å²) in [6, 6.07) is 7.60. The summed E-state index contributed by atoms with van der Waals surface area (Å²) < 4.78 is 17.7. The molecule has 1 atom stereocenters. The lowest BCUT2D eigenvalue weighted by molar-refractivity contribution is -0.384. The first kappa shape index (κ1) is 25.6. The number of hydrogen-bond donors (Lipinski definition) is 1. The fourth-order valence-electron chi connectivity index (χ4n) is 4.05. The van der Waals surface area contributed by atoms with E-state index in [1.807, 2.05) is 0 Å². The van der Waals surface area contributed by atoms with Crippen LogP contribution in [-0.2, 0) is 9.53 Å². The van der Waals surface area contributed by atoms with Crippen LogP contribution < -0.4 is 24.4 Å². The number of phenols is 1. The van der Waals surface area contributed by atoms with E-state index in [4.69, 9.17) is 14.2 Å². The Balaban J connectivity index is 2.02. The first-order chi connectivity index (χ1) is 17.7. The maximum Gasteiger partial charge on any atom is 0.338 e. The van der Waals surface area contributed by atoms with Crippen LogP contribution in [0.25, 0.3) is 6.08 Å². The summed E-state index contributed by atoms with van der Waals surface area (Å²) in [7, 11) is 2.97. The van der Waals surface area contributed by atoms with Crippen LogP contribution in [0.3, 0.4) is 0 Å². The van der Waals surface area contributed by atoms with Crippen LogP contribution in [0.5, 0.6) is 17.2 Å². The normalized spacial score (nSPS) is 15.1. The number of aromatic hydroxyl groups is 1. The number of thiazole rings is 1. The summed E-state index contributed by atoms with van der Waals surface area (Å²) in [5.41, 5.74) is 0.335. The van der Waals surface area contributed by atoms with Crippen molar-refractivity contribution >= 4 is 29.1 Å². The summed E-state index contributed by atoms with van der Waals surface area (Å²) in [6.07, 6.45) is 1.36. The average Bonchev–Trinajstić information content (AvgIpc) is 3.18. The molecule has 3 aromatic rings. The Morgan fingerprint density at radius 2 is 2.00 bits per heavy atom. The van der Waals surface area contributed by atoms with Crippen molar-refractivity contribution in [3.63, 3.8) is 0 Å². The van der Waals surface area contributed by atoms with E-state index in [1.54, 1.807) is 32.0 Å². The summed E-state index contributed by atoms with van der Waals surface area (Å²) in [4.78, 5) is 42.2. The number of fused-ring (bicyclic) bond motifs is 1. The Bertz CT molecular complexity index is 1620. The molecular formula is C25H23N3O8S. The predicted octanol–water partition coefficient (Wildman–Crippen LogP) is 2.43. The zero-order valence-corrected chi connectivity index (χ0v) is 21.2. The lowest BCUT2D eigenvalue weighted by atomic mass is 9.94. The molecule has 1 N–H and O–H groups in total. The van der Waals surface area contributed by atoms with Gasteiger partial charge in [0.2, 0.25) is 0 Å². The van der Waals surface area contributed by atoms with Gasteiger partial charge in [-0.3, -0.25) is 19.5 Å². The zero-order chi connectivity index (χ0) is 26.9. The minimum absolute atomic E-state index is 0.0938. The van der Waals surface area contributed by atoms with Gasteiger partial charge in [-0.1, -0.05) is 11.3 Å². The van der Waals surface area contributed by atoms with E-state index in [0.717, 1.165) is 17.4 Å². The SMILES string of the molecule is CCOC(=O)C1=C(C)N=c2s/c(=C\c3cc([N+](=O)[O-])ccc3O)c(=O)n2[C@@H]1c1cc(OC)ccc1OC. The number of nitro benzene ring substituents is 1. The van der Waals surface area contributed by atoms with Gasteiger partial charge < -0.3 is 19.3 Å². The highest BCUT2D eigenvalue weighted by Crippen LogP contribution is 2.37. The number of rotatable bonds is 7. The van der Waals surface area contributed by atoms with Gasteiger partial charge in [-0.2, -0.15) is 0 Å². The maximum absolute atomic E-state index is 13.7. The summed E-state index contributed by atoms with van der Waals surface area (Å²) in [5, 5.41) is 21.5. The number of aromatic nitrogens is 1. The third-order valence-corrected chi connectivity index (χ3v) is 6.74. The van der Waals surface area contributed by atoms with Crippen LogP contribution in [0.1, 0.15) is 31.0 Å². The number of hydrogen-bond acceptors (Lipinski definition) is 10. The third-order valence-electron chi connectivity index (χ3n) is 5.76. The van der Waals surface area contributed by atoms with Crippen LogP contribution in [0.4, 0.5) is 5.69 Å². The number of phenolic OH excluding ortho intramolecular Hbond substituents is 1. The van der Waals surface area contributed by atoms with E-state index in [0.29, 0.717) is 27.6 Å². The monoisotopic (exact) mass is 525 g/mol. The maximum atomic E-state index is 13.7. The van der Waals surface area contributed by atoms with Gasteiger partial charge >= 0.3 is 5.97 Å². The van der Waals surface area contributed by atoms with Crippen molar-refractivity contribution in [3.8, 4) is 17.2 Å². The predicted molar refractivity (Wildman–Crippen MR) is 135 cm³/mol. The van der Waals surface area contributed by atoms with E-state index in [2.05, 4.69) is 4.99 Å². The van der Waals surface area contributed by atoms with Gasteiger partial charge in [0.15, 0.2) is 4.80 Å². The van der Waals surface area contributed by atoms with Gasteiger partial charge in [0.25, 0.3) is 11.2 Å². The number of allylic oxidation sites excluding steroid dienone is 1. The van der Waals surface area contributed by atoms with Gasteiger partial charge in [-0.05, 0) is 44.2 Å². The number of nitrogens with zero attached hydrogens (tertiary/aromatic N) is 3.